The number of amides is 1. The number of carbonyl (C=O) groups excluding carboxylic acids is 1. The molecule has 9 nitrogen and oxygen atoms in total. The number of nitrogens with one attached hydrogen (secondary N) is 7. The van der Waals surface area contributed by atoms with E-state index in [1.54, 1.807) is 0 Å². The average Bonchev–Trinajstić information content (AvgIpc) is 3.33. The van der Waals surface area contributed by atoms with Gasteiger partial charge in [0.1, 0.15) is 11.5 Å². The van der Waals surface area contributed by atoms with Gasteiger partial charge in [-0.05, 0) is 95.8 Å². The van der Waals surface area contributed by atoms with Gasteiger partial charge in [-0.3, -0.25) is 20.7 Å². The zero-order valence-electron chi connectivity index (χ0n) is 23.1. The van der Waals surface area contributed by atoms with Gasteiger partial charge >= 0.3 is 0 Å². The standard InChI is InChI=1S/C27H51N7O2S/c1-16-4-5-20(32-25(35)24-17(2)31-26(37-24)18-6-9-28-10-7-18)13-23(16)34-27-30-11-8-22(33-27)19-12-21(36-3)15-29-14-19/h16-24,26-31,33-34H,4-15H2,1-3H3,(H,32,35). The van der Waals surface area contributed by atoms with E-state index < -0.39 is 0 Å². The summed E-state index contributed by atoms with van der Waals surface area (Å²) in [5.74, 6) is 2.08. The first-order valence-electron chi connectivity index (χ1n) is 14.9. The summed E-state index contributed by atoms with van der Waals surface area (Å²) >= 11 is 1.87. The van der Waals surface area contributed by atoms with Crippen molar-refractivity contribution in [3.8, 4) is 0 Å². The molecule has 7 N–H and O–H groups in total. The number of hydrogen-bond acceptors (Lipinski definition) is 9. The van der Waals surface area contributed by atoms with E-state index in [1.165, 1.54) is 12.8 Å². The summed E-state index contributed by atoms with van der Waals surface area (Å²) in [5.41, 5.74) is 0. The Morgan fingerprint density at radius 2 is 1.76 bits per heavy atom. The van der Waals surface area contributed by atoms with E-state index in [-0.39, 0.29) is 29.5 Å². The maximum Gasteiger partial charge on any atom is 0.234 e. The molecule has 5 rings (SSSR count). The first-order valence-corrected chi connectivity index (χ1v) is 15.9. The number of hydrogen-bond donors (Lipinski definition) is 7. The van der Waals surface area contributed by atoms with Crippen molar-refractivity contribution in [1.29, 1.82) is 0 Å². The van der Waals surface area contributed by atoms with Crippen molar-refractivity contribution in [2.75, 3.05) is 39.8 Å². The molecule has 10 heteroatoms. The zero-order chi connectivity index (χ0) is 25.8. The Kier molecular flexibility index (Phi) is 10.1. The van der Waals surface area contributed by atoms with Gasteiger partial charge in [-0.25, -0.2) is 0 Å². The average molecular weight is 538 g/mol. The fraction of sp³-hybridized carbons (Fsp3) is 0.963. The van der Waals surface area contributed by atoms with Gasteiger partial charge in [-0.15, -0.1) is 11.8 Å². The fourth-order valence-electron chi connectivity index (χ4n) is 7.17. The van der Waals surface area contributed by atoms with Crippen LogP contribution < -0.4 is 37.2 Å². The van der Waals surface area contributed by atoms with Crippen molar-refractivity contribution in [2.24, 2.45) is 17.8 Å². The Bertz CT molecular complexity index is 742. The zero-order valence-corrected chi connectivity index (χ0v) is 23.9. The monoisotopic (exact) mass is 537 g/mol. The summed E-state index contributed by atoms with van der Waals surface area (Å²) in [6.45, 7) is 9.76. The predicted octanol–water partition coefficient (Wildman–Crippen LogP) is 0.528. The minimum absolute atomic E-state index is 0.00751. The molecule has 37 heavy (non-hydrogen) atoms. The second-order valence-corrected chi connectivity index (χ2v) is 13.5. The molecule has 212 valence electrons. The predicted molar refractivity (Wildman–Crippen MR) is 150 cm³/mol. The molecule has 0 aromatic carbocycles. The van der Waals surface area contributed by atoms with Crippen molar-refractivity contribution < 1.29 is 9.53 Å². The van der Waals surface area contributed by atoms with Gasteiger partial charge in [0.2, 0.25) is 5.91 Å². The molecular weight excluding hydrogens is 486 g/mol. The van der Waals surface area contributed by atoms with Crippen molar-refractivity contribution in [3.05, 3.63) is 0 Å². The van der Waals surface area contributed by atoms with Crippen LogP contribution in [0.2, 0.25) is 0 Å². The van der Waals surface area contributed by atoms with E-state index in [4.69, 9.17) is 4.74 Å². The van der Waals surface area contributed by atoms with Gasteiger partial charge in [0.15, 0.2) is 0 Å². The molecule has 0 bridgehead atoms. The molecule has 0 spiro atoms. The van der Waals surface area contributed by atoms with Crippen molar-refractivity contribution >= 4 is 17.7 Å². The highest BCUT2D eigenvalue weighted by Crippen LogP contribution is 2.36. The third-order valence-corrected chi connectivity index (χ3v) is 11.3. The third kappa shape index (κ3) is 7.20. The van der Waals surface area contributed by atoms with Crippen molar-refractivity contribution in [1.82, 2.24) is 37.2 Å². The lowest BCUT2D eigenvalue weighted by atomic mass is 9.82. The molecular formula is C27H51N7O2S. The summed E-state index contributed by atoms with van der Waals surface area (Å²) in [6, 6.07) is 1.34. The quantitative estimate of drug-likeness (QED) is 0.250. The van der Waals surface area contributed by atoms with E-state index in [0.29, 0.717) is 41.3 Å². The summed E-state index contributed by atoms with van der Waals surface area (Å²) in [6.07, 6.45) is 8.30. The SMILES string of the molecule is COC1CNCC(C2CCNC(NC3CC(NC(=O)C4SC(C5CCNCC5)NC4C)CCC3C)N2)C1. The van der Waals surface area contributed by atoms with E-state index in [9.17, 15) is 4.79 Å². The number of thioether (sulfide) groups is 1. The van der Waals surface area contributed by atoms with Gasteiger partial charge in [0.05, 0.1) is 11.5 Å². The van der Waals surface area contributed by atoms with E-state index in [1.807, 2.05) is 18.9 Å². The van der Waals surface area contributed by atoms with Gasteiger partial charge in [0, 0.05) is 37.8 Å². The third-order valence-electron chi connectivity index (χ3n) is 9.60. The van der Waals surface area contributed by atoms with E-state index in [2.05, 4.69) is 51.1 Å². The number of methoxy groups -OCH3 is 1. The van der Waals surface area contributed by atoms with Gasteiger partial charge in [-0.1, -0.05) is 6.92 Å². The second kappa shape index (κ2) is 13.3. The van der Waals surface area contributed by atoms with Crippen LogP contribution in [0.4, 0.5) is 0 Å². The number of rotatable bonds is 7. The molecule has 0 aromatic rings. The molecule has 0 aromatic heterocycles. The Balaban J connectivity index is 1.10. The second-order valence-electron chi connectivity index (χ2n) is 12.2. The van der Waals surface area contributed by atoms with E-state index in [0.717, 1.165) is 64.8 Å². The first kappa shape index (κ1) is 28.1. The van der Waals surface area contributed by atoms with Crippen LogP contribution in [0.3, 0.4) is 0 Å². The van der Waals surface area contributed by atoms with Crippen molar-refractivity contribution in [2.45, 2.75) is 106 Å². The number of piperidine rings is 2. The molecule has 10 unspecified atom stereocenters. The normalized spacial score (nSPS) is 44.0. The Morgan fingerprint density at radius 3 is 2.57 bits per heavy atom. The Labute approximate surface area is 227 Å². The molecule has 1 aliphatic carbocycles. The molecule has 1 saturated carbocycles. The maximum absolute atomic E-state index is 13.4. The van der Waals surface area contributed by atoms with Gasteiger partial charge in [0.25, 0.3) is 0 Å². The van der Waals surface area contributed by atoms with Crippen LogP contribution in [-0.4, -0.2) is 92.9 Å². The van der Waals surface area contributed by atoms with Crippen LogP contribution in [0.1, 0.15) is 58.8 Å². The van der Waals surface area contributed by atoms with Gasteiger partial charge < -0.3 is 26.0 Å². The minimum Gasteiger partial charge on any atom is -0.380 e. The first-order chi connectivity index (χ1) is 18.0. The molecule has 4 aliphatic heterocycles. The maximum atomic E-state index is 13.4. The lowest BCUT2D eigenvalue weighted by Gasteiger charge is -2.43. The molecule has 10 atom stereocenters. The summed E-state index contributed by atoms with van der Waals surface area (Å²) in [7, 11) is 1.82. The molecule has 4 saturated heterocycles. The lowest BCUT2D eigenvalue weighted by molar-refractivity contribution is -0.121. The van der Waals surface area contributed by atoms with Crippen LogP contribution in [0.25, 0.3) is 0 Å². The van der Waals surface area contributed by atoms with Crippen molar-refractivity contribution in [3.63, 3.8) is 0 Å². The highest BCUT2D eigenvalue weighted by Gasteiger charge is 2.41. The Morgan fingerprint density at radius 1 is 0.919 bits per heavy atom. The highest BCUT2D eigenvalue weighted by atomic mass is 32.2. The largest absolute Gasteiger partial charge is 0.380 e. The summed E-state index contributed by atoms with van der Waals surface area (Å²) < 4.78 is 5.63. The molecule has 0 radical (unpaired) electrons. The summed E-state index contributed by atoms with van der Waals surface area (Å²) in [5, 5.41) is 26.0. The van der Waals surface area contributed by atoms with E-state index >= 15 is 0 Å². The highest BCUT2D eigenvalue weighted by molar-refractivity contribution is 8.01. The molecule has 1 amide bonds. The summed E-state index contributed by atoms with van der Waals surface area (Å²) in [4.78, 5) is 13.4. The topological polar surface area (TPSA) is 111 Å². The van der Waals surface area contributed by atoms with Crippen LogP contribution >= 0.6 is 11.8 Å². The molecule has 5 fully saturated rings. The fourth-order valence-corrected chi connectivity index (χ4v) is 8.78. The number of ether oxygens (including phenoxy) is 1. The number of carbonyl (C=O) groups is 1. The molecule has 4 heterocycles. The minimum atomic E-state index is 0.00751. The van der Waals surface area contributed by atoms with Gasteiger partial charge in [-0.2, -0.15) is 0 Å². The van der Waals surface area contributed by atoms with Crippen LogP contribution in [0, 0.1) is 17.8 Å². The Hall–Kier alpha value is -0.460. The van der Waals surface area contributed by atoms with Crippen LogP contribution in [-0.2, 0) is 9.53 Å². The van der Waals surface area contributed by atoms with Crippen LogP contribution in [0.15, 0.2) is 0 Å². The van der Waals surface area contributed by atoms with Crippen LogP contribution in [0.5, 0.6) is 0 Å². The molecule has 5 aliphatic rings. The lowest BCUT2D eigenvalue weighted by Crippen LogP contribution is -2.66. The smallest absolute Gasteiger partial charge is 0.234 e.